The molecule has 1 N–H and O–H groups in total. The SMILES string of the molecule is C[C@@]12CCCC[C@@H]1CC[C@@H]1[C@H]3CC[C@](O)(C#Cc4ccccc4)[C@@]3(C)CC[C@@H]12. The Kier molecular flexibility index (Phi) is 4.44. The van der Waals surface area contributed by atoms with E-state index in [-0.39, 0.29) is 5.41 Å². The second-order valence-electron chi connectivity index (χ2n) is 10.9. The van der Waals surface area contributed by atoms with Gasteiger partial charge in [-0.05, 0) is 92.6 Å². The first-order chi connectivity index (χ1) is 13.5. The van der Waals surface area contributed by atoms with Gasteiger partial charge in [0.1, 0.15) is 5.60 Å². The molecule has 1 aromatic carbocycles. The van der Waals surface area contributed by atoms with E-state index in [4.69, 9.17) is 0 Å². The molecule has 4 saturated carbocycles. The molecule has 1 aromatic rings. The molecule has 7 atom stereocenters. The molecule has 1 heteroatoms. The molecule has 28 heavy (non-hydrogen) atoms. The third kappa shape index (κ3) is 2.64. The molecule has 0 saturated heterocycles. The average molecular weight is 377 g/mol. The van der Waals surface area contributed by atoms with Crippen LogP contribution in [0.1, 0.15) is 83.6 Å². The van der Waals surface area contributed by atoms with Crippen LogP contribution >= 0.6 is 0 Å². The second-order valence-corrected chi connectivity index (χ2v) is 10.9. The molecule has 1 nitrogen and oxygen atoms in total. The van der Waals surface area contributed by atoms with E-state index in [9.17, 15) is 5.11 Å². The topological polar surface area (TPSA) is 20.2 Å². The molecule has 4 aliphatic carbocycles. The lowest BCUT2D eigenvalue weighted by molar-refractivity contribution is -0.134. The molecule has 150 valence electrons. The van der Waals surface area contributed by atoms with Gasteiger partial charge in [0.05, 0.1) is 0 Å². The summed E-state index contributed by atoms with van der Waals surface area (Å²) < 4.78 is 0. The van der Waals surface area contributed by atoms with Crippen LogP contribution in [0.2, 0.25) is 0 Å². The lowest BCUT2D eigenvalue weighted by Gasteiger charge is -2.60. The van der Waals surface area contributed by atoms with Crippen molar-refractivity contribution >= 4 is 0 Å². The van der Waals surface area contributed by atoms with Gasteiger partial charge in [0.2, 0.25) is 0 Å². The summed E-state index contributed by atoms with van der Waals surface area (Å²) in [5.74, 6) is 10.0. The summed E-state index contributed by atoms with van der Waals surface area (Å²) >= 11 is 0. The van der Waals surface area contributed by atoms with Gasteiger partial charge < -0.3 is 5.11 Å². The van der Waals surface area contributed by atoms with Crippen LogP contribution in [0.5, 0.6) is 0 Å². The molecule has 0 bridgehead atoms. The van der Waals surface area contributed by atoms with Crippen LogP contribution in [0.4, 0.5) is 0 Å². The molecule has 0 aromatic heterocycles. The summed E-state index contributed by atoms with van der Waals surface area (Å²) in [6.45, 7) is 5.00. The zero-order valence-electron chi connectivity index (χ0n) is 17.7. The minimum atomic E-state index is -0.817. The Morgan fingerprint density at radius 2 is 1.64 bits per heavy atom. The first kappa shape index (κ1) is 18.7. The fraction of sp³-hybridized carbons (Fsp3) is 0.704. The molecule has 4 fully saturated rings. The van der Waals surface area contributed by atoms with E-state index in [1.54, 1.807) is 0 Å². The van der Waals surface area contributed by atoms with Crippen molar-refractivity contribution in [3.05, 3.63) is 35.9 Å². The van der Waals surface area contributed by atoms with Crippen molar-refractivity contribution in [2.75, 3.05) is 0 Å². The van der Waals surface area contributed by atoms with Gasteiger partial charge in [-0.1, -0.05) is 56.7 Å². The number of hydrogen-bond donors (Lipinski definition) is 1. The maximum Gasteiger partial charge on any atom is 0.131 e. The van der Waals surface area contributed by atoms with Gasteiger partial charge in [-0.2, -0.15) is 0 Å². The van der Waals surface area contributed by atoms with Gasteiger partial charge >= 0.3 is 0 Å². The van der Waals surface area contributed by atoms with E-state index in [1.807, 2.05) is 30.3 Å². The van der Waals surface area contributed by atoms with Crippen LogP contribution in [-0.4, -0.2) is 10.7 Å². The summed E-state index contributed by atoms with van der Waals surface area (Å²) in [5.41, 5.74) is 0.738. The minimum absolute atomic E-state index is 0.0339. The Morgan fingerprint density at radius 3 is 2.46 bits per heavy atom. The van der Waals surface area contributed by atoms with Gasteiger partial charge in [-0.15, -0.1) is 0 Å². The molecule has 4 aliphatic rings. The van der Waals surface area contributed by atoms with Crippen molar-refractivity contribution in [2.24, 2.45) is 34.5 Å². The van der Waals surface area contributed by atoms with E-state index in [2.05, 4.69) is 25.7 Å². The van der Waals surface area contributed by atoms with Crippen molar-refractivity contribution in [3.8, 4) is 11.8 Å². The maximum absolute atomic E-state index is 11.7. The van der Waals surface area contributed by atoms with E-state index in [0.29, 0.717) is 11.3 Å². The Balaban J connectivity index is 1.43. The molecule has 0 amide bonds. The predicted molar refractivity (Wildman–Crippen MR) is 115 cm³/mol. The van der Waals surface area contributed by atoms with Crippen LogP contribution in [0.25, 0.3) is 0 Å². The molecule has 0 heterocycles. The standard InChI is InChI=1S/C27H36O/c1-25-16-7-6-10-21(25)11-12-22-23(25)14-17-26(2)24(22)15-19-27(26,28)18-13-20-8-4-3-5-9-20/h3-5,8-9,21-24,28H,6-7,10-12,14-17,19H2,1-2H3/t21-,22+,23+,24-,25-,26+,27-/m1/s1. The zero-order chi connectivity index (χ0) is 19.4. The van der Waals surface area contributed by atoms with Gasteiger partial charge in [0.25, 0.3) is 0 Å². The van der Waals surface area contributed by atoms with Gasteiger partial charge in [0.15, 0.2) is 0 Å². The van der Waals surface area contributed by atoms with Crippen LogP contribution in [0.3, 0.4) is 0 Å². The van der Waals surface area contributed by atoms with Crippen LogP contribution in [0, 0.1) is 46.3 Å². The smallest absolute Gasteiger partial charge is 0.131 e. The lowest BCUT2D eigenvalue weighted by Crippen LogP contribution is -2.55. The highest BCUT2D eigenvalue weighted by Crippen LogP contribution is 2.68. The first-order valence-electron chi connectivity index (χ1n) is 11.8. The van der Waals surface area contributed by atoms with E-state index < -0.39 is 5.60 Å². The molecular formula is C27H36O. The number of rotatable bonds is 0. The fourth-order valence-electron chi connectivity index (χ4n) is 8.21. The van der Waals surface area contributed by atoms with Gasteiger partial charge in [-0.25, -0.2) is 0 Å². The summed E-state index contributed by atoms with van der Waals surface area (Å²) in [5, 5.41) is 11.7. The molecular weight excluding hydrogens is 340 g/mol. The third-order valence-corrected chi connectivity index (χ3v) is 9.92. The van der Waals surface area contributed by atoms with Crippen molar-refractivity contribution < 1.29 is 5.11 Å². The summed E-state index contributed by atoms with van der Waals surface area (Å²) in [6, 6.07) is 10.2. The first-order valence-corrected chi connectivity index (χ1v) is 11.8. The monoisotopic (exact) mass is 376 g/mol. The zero-order valence-corrected chi connectivity index (χ0v) is 17.7. The predicted octanol–water partition coefficient (Wildman–Crippen LogP) is 6.20. The number of benzene rings is 1. The van der Waals surface area contributed by atoms with E-state index in [0.717, 1.165) is 36.2 Å². The van der Waals surface area contributed by atoms with Crippen LogP contribution in [-0.2, 0) is 0 Å². The highest BCUT2D eigenvalue weighted by molar-refractivity contribution is 5.38. The fourth-order valence-corrected chi connectivity index (χ4v) is 8.21. The molecule has 0 spiro atoms. The Bertz CT molecular complexity index is 787. The number of fused-ring (bicyclic) bond motifs is 5. The highest BCUT2D eigenvalue weighted by Gasteiger charge is 2.64. The van der Waals surface area contributed by atoms with Gasteiger partial charge in [0, 0.05) is 11.0 Å². The largest absolute Gasteiger partial charge is 0.377 e. The highest BCUT2D eigenvalue weighted by atomic mass is 16.3. The Labute approximate surface area is 171 Å². The van der Waals surface area contributed by atoms with Crippen molar-refractivity contribution in [3.63, 3.8) is 0 Å². The van der Waals surface area contributed by atoms with Crippen molar-refractivity contribution in [1.82, 2.24) is 0 Å². The second kappa shape index (κ2) is 6.63. The lowest BCUT2D eigenvalue weighted by atomic mass is 9.44. The molecule has 0 unspecified atom stereocenters. The normalized spacial score (nSPS) is 47.2. The maximum atomic E-state index is 11.7. The van der Waals surface area contributed by atoms with Crippen molar-refractivity contribution in [1.29, 1.82) is 0 Å². The molecule has 5 rings (SSSR count). The van der Waals surface area contributed by atoms with Crippen molar-refractivity contribution in [2.45, 2.75) is 83.7 Å². The van der Waals surface area contributed by atoms with Crippen LogP contribution in [0.15, 0.2) is 30.3 Å². The van der Waals surface area contributed by atoms with E-state index >= 15 is 0 Å². The van der Waals surface area contributed by atoms with Gasteiger partial charge in [-0.3, -0.25) is 0 Å². The number of hydrogen-bond acceptors (Lipinski definition) is 1. The molecule has 0 radical (unpaired) electrons. The van der Waals surface area contributed by atoms with E-state index in [1.165, 1.54) is 51.4 Å². The minimum Gasteiger partial charge on any atom is -0.377 e. The summed E-state index contributed by atoms with van der Waals surface area (Å²) in [6.07, 6.45) is 13.1. The summed E-state index contributed by atoms with van der Waals surface area (Å²) in [4.78, 5) is 0. The van der Waals surface area contributed by atoms with Crippen LogP contribution < -0.4 is 0 Å². The quantitative estimate of drug-likeness (QED) is 0.534. The Morgan fingerprint density at radius 1 is 0.857 bits per heavy atom. The average Bonchev–Trinajstić information content (AvgIpc) is 2.98. The Hall–Kier alpha value is -1.26. The third-order valence-electron chi connectivity index (χ3n) is 9.92. The number of aliphatic hydroxyl groups is 1. The molecule has 0 aliphatic heterocycles. The summed E-state index contributed by atoms with van der Waals surface area (Å²) in [7, 11) is 0.